The number of hydrogen-bond donors (Lipinski definition) is 3. The maximum absolute atomic E-state index is 12.0. The average molecular weight is 356 g/mol. The van der Waals surface area contributed by atoms with Crippen LogP contribution in [0.15, 0.2) is 48.5 Å². The Morgan fingerprint density at radius 3 is 2.28 bits per heavy atom. The van der Waals surface area contributed by atoms with Crippen molar-refractivity contribution in [3.63, 3.8) is 0 Å². The molecule has 3 N–H and O–H groups in total. The minimum atomic E-state index is -0.401. The highest BCUT2D eigenvalue weighted by molar-refractivity contribution is 8.15. The van der Waals surface area contributed by atoms with Crippen molar-refractivity contribution >= 4 is 34.5 Å². The second kappa shape index (κ2) is 7.40. The molecule has 3 rings (SSSR count). The van der Waals surface area contributed by atoms with Gasteiger partial charge in [0.2, 0.25) is 11.8 Å². The van der Waals surface area contributed by atoms with Gasteiger partial charge in [0.15, 0.2) is 0 Å². The van der Waals surface area contributed by atoms with Crippen LogP contribution >= 0.6 is 11.8 Å². The Kier molecular flexibility index (Phi) is 5.04. The zero-order chi connectivity index (χ0) is 17.8. The summed E-state index contributed by atoms with van der Waals surface area (Å²) in [5.41, 5.74) is 2.38. The normalized spacial score (nSPS) is 16.6. The summed E-state index contributed by atoms with van der Waals surface area (Å²) in [6.45, 7) is 0. The predicted octanol–water partition coefficient (Wildman–Crippen LogP) is 2.47. The molecule has 0 aromatic heterocycles. The van der Waals surface area contributed by atoms with Gasteiger partial charge in [-0.1, -0.05) is 36.0 Å². The van der Waals surface area contributed by atoms with E-state index in [1.807, 2.05) is 12.1 Å². The van der Waals surface area contributed by atoms with E-state index in [2.05, 4.69) is 10.6 Å². The number of hydrogen-bond acceptors (Lipinski definition) is 5. The summed E-state index contributed by atoms with van der Waals surface area (Å²) >= 11 is 0.998. The Hall–Kier alpha value is -2.80. The van der Waals surface area contributed by atoms with Gasteiger partial charge >= 0.3 is 0 Å². The van der Waals surface area contributed by atoms with Crippen LogP contribution in [-0.4, -0.2) is 27.4 Å². The monoisotopic (exact) mass is 356 g/mol. The number of thioether (sulfide) groups is 1. The fraction of sp³-hybridized carbons (Fsp3) is 0.167. The number of nitrogens with one attached hydrogen (secondary N) is 2. The van der Waals surface area contributed by atoms with Gasteiger partial charge in [0.1, 0.15) is 5.75 Å². The third-order valence-electron chi connectivity index (χ3n) is 3.73. The van der Waals surface area contributed by atoms with Crippen LogP contribution in [0.1, 0.15) is 11.1 Å². The number of phenols is 1. The molecular weight excluding hydrogens is 340 g/mol. The fourth-order valence-electron chi connectivity index (χ4n) is 2.47. The lowest BCUT2D eigenvalue weighted by Crippen LogP contribution is -2.25. The lowest BCUT2D eigenvalue weighted by atomic mass is 10.1. The van der Waals surface area contributed by atoms with Crippen LogP contribution in [0.5, 0.6) is 5.75 Å². The van der Waals surface area contributed by atoms with Crippen LogP contribution in [0.4, 0.5) is 10.5 Å². The van der Waals surface area contributed by atoms with E-state index >= 15 is 0 Å². The molecule has 25 heavy (non-hydrogen) atoms. The molecule has 0 radical (unpaired) electrons. The summed E-state index contributed by atoms with van der Waals surface area (Å²) in [5, 5.41) is 13.6. The fourth-order valence-corrected chi connectivity index (χ4v) is 3.33. The number of benzene rings is 2. The van der Waals surface area contributed by atoms with Crippen molar-refractivity contribution in [1.82, 2.24) is 5.32 Å². The molecule has 128 valence electrons. The van der Waals surface area contributed by atoms with E-state index in [0.717, 1.165) is 22.9 Å². The number of carbonyl (C=O) groups excluding carboxylic acids is 3. The van der Waals surface area contributed by atoms with Crippen molar-refractivity contribution in [3.05, 3.63) is 59.7 Å². The SMILES string of the molecule is O=C(Cc1ccc(O)cc1)Nc1ccc(CC2SC(=O)NC2=O)cc1. The zero-order valence-electron chi connectivity index (χ0n) is 13.2. The maximum atomic E-state index is 12.0. The molecule has 1 saturated heterocycles. The molecule has 1 atom stereocenters. The van der Waals surface area contributed by atoms with E-state index in [9.17, 15) is 19.5 Å². The van der Waals surface area contributed by atoms with E-state index in [1.165, 1.54) is 0 Å². The summed E-state index contributed by atoms with van der Waals surface area (Å²) in [4.78, 5) is 34.8. The number of rotatable bonds is 5. The summed E-state index contributed by atoms with van der Waals surface area (Å²) in [6, 6.07) is 13.7. The Morgan fingerprint density at radius 2 is 1.68 bits per heavy atom. The van der Waals surface area contributed by atoms with Gasteiger partial charge in [-0.15, -0.1) is 0 Å². The Labute approximate surface area is 148 Å². The van der Waals surface area contributed by atoms with Gasteiger partial charge in [-0.05, 0) is 41.8 Å². The molecule has 1 heterocycles. The number of phenolic OH excluding ortho intramolecular Hbond substituents is 1. The lowest BCUT2D eigenvalue weighted by Gasteiger charge is -2.08. The smallest absolute Gasteiger partial charge is 0.286 e. The molecule has 1 unspecified atom stereocenters. The number of carbonyl (C=O) groups is 3. The minimum Gasteiger partial charge on any atom is -0.508 e. The standard InChI is InChI=1S/C18H16N2O4S/c21-14-7-3-12(4-8-14)10-16(22)19-13-5-1-11(2-6-13)9-15-17(23)20-18(24)25-15/h1-8,15,21H,9-10H2,(H,19,22)(H,20,23,24). The predicted molar refractivity (Wildman–Crippen MR) is 95.5 cm³/mol. The Morgan fingerprint density at radius 1 is 1.04 bits per heavy atom. The molecule has 1 aliphatic rings. The second-order valence-corrected chi connectivity index (χ2v) is 6.85. The maximum Gasteiger partial charge on any atom is 0.286 e. The molecule has 0 saturated carbocycles. The van der Waals surface area contributed by atoms with Crippen LogP contribution in [-0.2, 0) is 22.4 Å². The third kappa shape index (κ3) is 4.60. The molecule has 1 aliphatic heterocycles. The summed E-state index contributed by atoms with van der Waals surface area (Å²) in [6.07, 6.45) is 0.674. The number of anilines is 1. The van der Waals surface area contributed by atoms with Crippen LogP contribution in [0.2, 0.25) is 0 Å². The van der Waals surface area contributed by atoms with Crippen molar-refractivity contribution < 1.29 is 19.5 Å². The van der Waals surface area contributed by atoms with Crippen LogP contribution in [0, 0.1) is 0 Å². The van der Waals surface area contributed by atoms with Crippen LogP contribution in [0.3, 0.4) is 0 Å². The molecule has 1 fully saturated rings. The molecule has 0 bridgehead atoms. The first kappa shape index (κ1) is 17.0. The summed E-state index contributed by atoms with van der Waals surface area (Å²) in [5.74, 6) is -0.258. The first-order valence-electron chi connectivity index (χ1n) is 7.68. The van der Waals surface area contributed by atoms with Crippen molar-refractivity contribution in [2.24, 2.45) is 0 Å². The molecular formula is C18H16N2O4S. The number of amides is 3. The largest absolute Gasteiger partial charge is 0.508 e. The molecule has 2 aromatic carbocycles. The van der Waals surface area contributed by atoms with Crippen molar-refractivity contribution in [2.45, 2.75) is 18.1 Å². The summed E-state index contributed by atoms with van der Waals surface area (Å²) in [7, 11) is 0. The molecule has 2 aromatic rings. The van der Waals surface area contributed by atoms with Crippen molar-refractivity contribution in [3.8, 4) is 5.75 Å². The molecule has 0 aliphatic carbocycles. The Balaban J connectivity index is 1.55. The van der Waals surface area contributed by atoms with Crippen molar-refractivity contribution in [2.75, 3.05) is 5.32 Å². The molecule has 3 amide bonds. The highest BCUT2D eigenvalue weighted by Gasteiger charge is 2.31. The van der Waals surface area contributed by atoms with Gasteiger partial charge in [-0.3, -0.25) is 19.7 Å². The van der Waals surface area contributed by atoms with Crippen LogP contribution < -0.4 is 10.6 Å². The third-order valence-corrected chi connectivity index (χ3v) is 4.71. The lowest BCUT2D eigenvalue weighted by molar-refractivity contribution is -0.119. The molecule has 6 nitrogen and oxygen atoms in total. The van der Waals surface area contributed by atoms with E-state index in [4.69, 9.17) is 0 Å². The van der Waals surface area contributed by atoms with Gasteiger partial charge in [0.25, 0.3) is 5.24 Å². The first-order chi connectivity index (χ1) is 12.0. The second-order valence-electron chi connectivity index (χ2n) is 5.68. The van der Waals surface area contributed by atoms with Gasteiger partial charge in [0, 0.05) is 5.69 Å². The average Bonchev–Trinajstić information content (AvgIpc) is 2.89. The topological polar surface area (TPSA) is 95.5 Å². The number of imide groups is 1. The minimum absolute atomic E-state index is 0.158. The number of aromatic hydroxyl groups is 1. The van der Waals surface area contributed by atoms with E-state index in [1.54, 1.807) is 36.4 Å². The summed E-state index contributed by atoms with van der Waals surface area (Å²) < 4.78 is 0. The highest BCUT2D eigenvalue weighted by atomic mass is 32.2. The van der Waals surface area contributed by atoms with Gasteiger partial charge in [-0.2, -0.15) is 0 Å². The Bertz CT molecular complexity index is 803. The van der Waals surface area contributed by atoms with E-state index < -0.39 is 5.25 Å². The van der Waals surface area contributed by atoms with Gasteiger partial charge < -0.3 is 10.4 Å². The van der Waals surface area contributed by atoms with E-state index in [-0.39, 0.29) is 29.2 Å². The molecule has 0 spiro atoms. The van der Waals surface area contributed by atoms with Gasteiger partial charge in [0.05, 0.1) is 11.7 Å². The van der Waals surface area contributed by atoms with Crippen LogP contribution in [0.25, 0.3) is 0 Å². The van der Waals surface area contributed by atoms with Gasteiger partial charge in [-0.25, -0.2) is 0 Å². The molecule has 7 heteroatoms. The highest BCUT2D eigenvalue weighted by Crippen LogP contribution is 2.23. The quantitative estimate of drug-likeness (QED) is 0.765. The van der Waals surface area contributed by atoms with E-state index in [0.29, 0.717) is 12.1 Å². The van der Waals surface area contributed by atoms with Crippen molar-refractivity contribution in [1.29, 1.82) is 0 Å². The first-order valence-corrected chi connectivity index (χ1v) is 8.56. The zero-order valence-corrected chi connectivity index (χ0v) is 14.0.